The van der Waals surface area contributed by atoms with Gasteiger partial charge in [0.15, 0.2) is 0 Å². The number of phenolic OH excluding ortho intramolecular Hbond substituents is 1. The molecule has 1 saturated heterocycles. The molecule has 0 radical (unpaired) electrons. The van der Waals surface area contributed by atoms with E-state index in [1.54, 1.807) is 38.5 Å². The van der Waals surface area contributed by atoms with Gasteiger partial charge in [-0.15, -0.1) is 0 Å². The molecule has 27 heavy (non-hydrogen) atoms. The van der Waals surface area contributed by atoms with Gasteiger partial charge in [-0.25, -0.2) is 0 Å². The van der Waals surface area contributed by atoms with Gasteiger partial charge in [-0.05, 0) is 60.7 Å². The van der Waals surface area contributed by atoms with Gasteiger partial charge >= 0.3 is 0 Å². The molecule has 0 aliphatic carbocycles. The summed E-state index contributed by atoms with van der Waals surface area (Å²) in [5.74, 6) is 2.13. The number of amides is 1. The van der Waals surface area contributed by atoms with Crippen molar-refractivity contribution in [2.45, 2.75) is 18.8 Å². The number of phenols is 1. The standard InChI is InChI=1S/C22H25NO4/c1-26-20-8-9-21(27-2)18(15-20)5-10-22(25)23-13-11-17(12-14-23)16-3-6-19(24)7-4-16/h3-10,15,17,24H,11-14H2,1-2H3/b10-5+. The molecule has 2 aromatic carbocycles. The zero-order chi connectivity index (χ0) is 19.2. The average molecular weight is 367 g/mol. The van der Waals surface area contributed by atoms with Crippen molar-refractivity contribution in [1.29, 1.82) is 0 Å². The molecular formula is C22H25NO4. The van der Waals surface area contributed by atoms with Crippen LogP contribution < -0.4 is 9.47 Å². The minimum absolute atomic E-state index is 0.00373. The Morgan fingerprint density at radius 2 is 1.78 bits per heavy atom. The normalized spacial score (nSPS) is 15.1. The molecule has 0 aromatic heterocycles. The summed E-state index contributed by atoms with van der Waals surface area (Å²) in [7, 11) is 3.22. The number of likely N-dealkylation sites (tertiary alicyclic amines) is 1. The second-order valence-electron chi connectivity index (χ2n) is 6.63. The van der Waals surface area contributed by atoms with Crippen LogP contribution in [0.25, 0.3) is 6.08 Å². The smallest absolute Gasteiger partial charge is 0.246 e. The third kappa shape index (κ3) is 4.61. The molecule has 1 aliphatic heterocycles. The number of methoxy groups -OCH3 is 2. The van der Waals surface area contributed by atoms with Crippen LogP contribution in [0.4, 0.5) is 0 Å². The maximum absolute atomic E-state index is 12.5. The number of benzene rings is 2. The molecule has 1 heterocycles. The Labute approximate surface area is 159 Å². The zero-order valence-corrected chi connectivity index (χ0v) is 15.7. The first-order valence-corrected chi connectivity index (χ1v) is 9.08. The summed E-state index contributed by atoms with van der Waals surface area (Å²) in [4.78, 5) is 14.4. The second-order valence-corrected chi connectivity index (χ2v) is 6.63. The van der Waals surface area contributed by atoms with E-state index in [2.05, 4.69) is 0 Å². The van der Waals surface area contributed by atoms with Crippen LogP contribution in [0.2, 0.25) is 0 Å². The maximum Gasteiger partial charge on any atom is 0.246 e. The van der Waals surface area contributed by atoms with Gasteiger partial charge in [0, 0.05) is 24.7 Å². The van der Waals surface area contributed by atoms with Gasteiger partial charge in [-0.2, -0.15) is 0 Å². The van der Waals surface area contributed by atoms with Gasteiger partial charge in [0.05, 0.1) is 14.2 Å². The lowest BCUT2D eigenvalue weighted by Gasteiger charge is -2.31. The second kappa shape index (κ2) is 8.62. The molecule has 0 spiro atoms. The number of carbonyl (C=O) groups excluding carboxylic acids is 1. The van der Waals surface area contributed by atoms with Crippen molar-refractivity contribution in [2.24, 2.45) is 0 Å². The number of piperidine rings is 1. The van der Waals surface area contributed by atoms with Crippen LogP contribution in [0, 0.1) is 0 Å². The van der Waals surface area contributed by atoms with Gasteiger partial charge < -0.3 is 19.5 Å². The molecule has 0 saturated carbocycles. The van der Waals surface area contributed by atoms with Gasteiger partial charge in [0.2, 0.25) is 5.91 Å². The molecule has 1 amide bonds. The molecule has 0 unspecified atom stereocenters. The summed E-state index contributed by atoms with van der Waals surface area (Å²) in [5, 5.41) is 9.42. The van der Waals surface area contributed by atoms with Crippen LogP contribution in [0.3, 0.4) is 0 Å². The molecule has 1 aliphatic rings. The zero-order valence-electron chi connectivity index (χ0n) is 15.7. The summed E-state index contributed by atoms with van der Waals surface area (Å²) < 4.78 is 10.6. The van der Waals surface area contributed by atoms with Crippen LogP contribution in [0.15, 0.2) is 48.5 Å². The molecule has 5 nitrogen and oxygen atoms in total. The molecule has 142 valence electrons. The fourth-order valence-corrected chi connectivity index (χ4v) is 3.42. The fourth-order valence-electron chi connectivity index (χ4n) is 3.42. The van der Waals surface area contributed by atoms with Crippen LogP contribution >= 0.6 is 0 Å². The van der Waals surface area contributed by atoms with Crippen LogP contribution in [0.1, 0.15) is 29.9 Å². The van der Waals surface area contributed by atoms with E-state index < -0.39 is 0 Å². The molecule has 5 heteroatoms. The third-order valence-electron chi connectivity index (χ3n) is 5.01. The molecule has 2 aromatic rings. The van der Waals surface area contributed by atoms with Crippen molar-refractivity contribution in [2.75, 3.05) is 27.3 Å². The summed E-state index contributed by atoms with van der Waals surface area (Å²) in [6, 6.07) is 12.9. The molecule has 1 fully saturated rings. The quantitative estimate of drug-likeness (QED) is 0.816. The van der Waals surface area contributed by atoms with E-state index in [0.29, 0.717) is 11.7 Å². The van der Waals surface area contributed by atoms with Gasteiger partial charge in [-0.3, -0.25) is 4.79 Å². The van der Waals surface area contributed by atoms with Crippen molar-refractivity contribution in [3.8, 4) is 17.2 Å². The third-order valence-corrected chi connectivity index (χ3v) is 5.01. The Morgan fingerprint density at radius 1 is 1.07 bits per heavy atom. The Balaban J connectivity index is 1.61. The number of rotatable bonds is 5. The number of aromatic hydroxyl groups is 1. The Kier molecular flexibility index (Phi) is 6.01. The summed E-state index contributed by atoms with van der Waals surface area (Å²) in [5.41, 5.74) is 2.03. The van der Waals surface area contributed by atoms with E-state index in [9.17, 15) is 9.90 Å². The van der Waals surface area contributed by atoms with E-state index >= 15 is 0 Å². The topological polar surface area (TPSA) is 59.0 Å². The molecule has 0 atom stereocenters. The van der Waals surface area contributed by atoms with Gasteiger partial charge in [0.25, 0.3) is 0 Å². The maximum atomic E-state index is 12.5. The number of hydrogen-bond donors (Lipinski definition) is 1. The highest BCUT2D eigenvalue weighted by Crippen LogP contribution is 2.29. The van der Waals surface area contributed by atoms with Crippen molar-refractivity contribution >= 4 is 12.0 Å². The lowest BCUT2D eigenvalue weighted by atomic mass is 9.89. The number of ether oxygens (including phenoxy) is 2. The molecule has 1 N–H and O–H groups in total. The fraction of sp³-hybridized carbons (Fsp3) is 0.318. The number of nitrogens with zero attached hydrogens (tertiary/aromatic N) is 1. The largest absolute Gasteiger partial charge is 0.508 e. The van der Waals surface area contributed by atoms with Crippen LogP contribution in [-0.4, -0.2) is 43.2 Å². The SMILES string of the molecule is COc1ccc(OC)c(/C=C/C(=O)N2CCC(c3ccc(O)cc3)CC2)c1. The van der Waals surface area contributed by atoms with Crippen molar-refractivity contribution in [3.63, 3.8) is 0 Å². The predicted octanol–water partition coefficient (Wildman–Crippen LogP) is 3.83. The Hall–Kier alpha value is -2.95. The Morgan fingerprint density at radius 3 is 2.41 bits per heavy atom. The number of carbonyl (C=O) groups is 1. The first-order chi connectivity index (χ1) is 13.1. The van der Waals surface area contributed by atoms with Crippen molar-refractivity contribution < 1.29 is 19.4 Å². The number of hydrogen-bond acceptors (Lipinski definition) is 4. The predicted molar refractivity (Wildman–Crippen MR) is 105 cm³/mol. The van der Waals surface area contributed by atoms with E-state index in [4.69, 9.17) is 9.47 Å². The Bertz CT molecular complexity index is 806. The summed E-state index contributed by atoms with van der Waals surface area (Å²) in [6.07, 6.45) is 5.22. The molecule has 0 bridgehead atoms. The first kappa shape index (κ1) is 18.8. The van der Waals surface area contributed by atoms with Crippen LogP contribution in [0.5, 0.6) is 17.2 Å². The first-order valence-electron chi connectivity index (χ1n) is 9.08. The van der Waals surface area contributed by atoms with Gasteiger partial charge in [0.1, 0.15) is 17.2 Å². The summed E-state index contributed by atoms with van der Waals surface area (Å²) in [6.45, 7) is 1.45. The van der Waals surface area contributed by atoms with Crippen molar-refractivity contribution in [3.05, 3.63) is 59.7 Å². The van der Waals surface area contributed by atoms with Crippen molar-refractivity contribution in [1.82, 2.24) is 4.90 Å². The van der Waals surface area contributed by atoms with Gasteiger partial charge in [-0.1, -0.05) is 12.1 Å². The van der Waals surface area contributed by atoms with Crippen LogP contribution in [-0.2, 0) is 4.79 Å². The summed E-state index contributed by atoms with van der Waals surface area (Å²) >= 11 is 0. The van der Waals surface area contributed by atoms with E-state index in [1.807, 2.05) is 35.2 Å². The highest BCUT2D eigenvalue weighted by molar-refractivity contribution is 5.92. The van der Waals surface area contributed by atoms with E-state index in [1.165, 1.54) is 5.56 Å². The molecule has 3 rings (SSSR count). The van der Waals surface area contributed by atoms with E-state index in [0.717, 1.165) is 37.2 Å². The van der Waals surface area contributed by atoms with E-state index in [-0.39, 0.29) is 11.7 Å². The average Bonchev–Trinajstić information content (AvgIpc) is 2.72. The molecular weight excluding hydrogens is 342 g/mol. The minimum atomic E-state index is 0.00373. The monoisotopic (exact) mass is 367 g/mol. The highest BCUT2D eigenvalue weighted by atomic mass is 16.5. The lowest BCUT2D eigenvalue weighted by Crippen LogP contribution is -2.36. The lowest BCUT2D eigenvalue weighted by molar-refractivity contribution is -0.126. The minimum Gasteiger partial charge on any atom is -0.508 e. The highest BCUT2D eigenvalue weighted by Gasteiger charge is 2.22.